The standard InChI is InChI=1S/C12H24N2O/c1-4-13-11(15)9-14-10-7-5-6-8-12(10,2)3/h10,14H,4-9H2,1-3H3,(H,13,15). The number of rotatable bonds is 4. The monoisotopic (exact) mass is 212 g/mol. The predicted molar refractivity (Wildman–Crippen MR) is 62.7 cm³/mol. The molecule has 88 valence electrons. The van der Waals surface area contributed by atoms with Gasteiger partial charge in [0.1, 0.15) is 0 Å². The average Bonchev–Trinajstić information content (AvgIpc) is 2.16. The van der Waals surface area contributed by atoms with Crippen LogP contribution in [0.15, 0.2) is 0 Å². The van der Waals surface area contributed by atoms with Crippen LogP contribution in [0.3, 0.4) is 0 Å². The third kappa shape index (κ3) is 3.82. The number of hydrogen-bond acceptors (Lipinski definition) is 2. The Kier molecular flexibility index (Phi) is 4.58. The molecule has 0 aromatic rings. The molecule has 1 rings (SSSR count). The maximum absolute atomic E-state index is 11.3. The summed E-state index contributed by atoms with van der Waals surface area (Å²) < 4.78 is 0. The van der Waals surface area contributed by atoms with Crippen LogP contribution in [0.2, 0.25) is 0 Å². The summed E-state index contributed by atoms with van der Waals surface area (Å²) in [5.41, 5.74) is 0.338. The first kappa shape index (κ1) is 12.5. The van der Waals surface area contributed by atoms with Gasteiger partial charge in [-0.1, -0.05) is 26.7 Å². The van der Waals surface area contributed by atoms with Gasteiger partial charge < -0.3 is 10.6 Å². The molecular weight excluding hydrogens is 188 g/mol. The van der Waals surface area contributed by atoms with Crippen LogP contribution in [-0.2, 0) is 4.79 Å². The molecular formula is C12H24N2O. The molecule has 0 heterocycles. The Balaban J connectivity index is 2.33. The minimum atomic E-state index is 0.110. The predicted octanol–water partition coefficient (Wildman–Crippen LogP) is 1.68. The lowest BCUT2D eigenvalue weighted by Gasteiger charge is -2.39. The highest BCUT2D eigenvalue weighted by Crippen LogP contribution is 2.35. The fourth-order valence-electron chi connectivity index (χ4n) is 2.35. The van der Waals surface area contributed by atoms with Gasteiger partial charge in [0, 0.05) is 12.6 Å². The summed E-state index contributed by atoms with van der Waals surface area (Å²) in [6.07, 6.45) is 5.08. The van der Waals surface area contributed by atoms with E-state index in [0.29, 0.717) is 24.5 Å². The van der Waals surface area contributed by atoms with Gasteiger partial charge in [0.2, 0.25) is 5.91 Å². The van der Waals surface area contributed by atoms with E-state index in [0.717, 1.165) is 0 Å². The van der Waals surface area contributed by atoms with E-state index in [1.54, 1.807) is 0 Å². The summed E-state index contributed by atoms with van der Waals surface area (Å²) in [6, 6.07) is 0.494. The van der Waals surface area contributed by atoms with Crippen molar-refractivity contribution in [1.82, 2.24) is 10.6 Å². The molecule has 0 spiro atoms. The number of nitrogens with one attached hydrogen (secondary N) is 2. The summed E-state index contributed by atoms with van der Waals surface area (Å²) in [6.45, 7) is 7.71. The van der Waals surface area contributed by atoms with E-state index in [1.165, 1.54) is 25.7 Å². The van der Waals surface area contributed by atoms with Gasteiger partial charge in [-0.15, -0.1) is 0 Å². The fourth-order valence-corrected chi connectivity index (χ4v) is 2.35. The van der Waals surface area contributed by atoms with Gasteiger partial charge in [0.15, 0.2) is 0 Å². The third-order valence-corrected chi connectivity index (χ3v) is 3.39. The van der Waals surface area contributed by atoms with E-state index in [4.69, 9.17) is 0 Å². The Hall–Kier alpha value is -0.570. The Bertz CT molecular complexity index is 214. The number of likely N-dealkylation sites (N-methyl/N-ethyl adjacent to an activating group) is 1. The molecule has 1 saturated carbocycles. The van der Waals surface area contributed by atoms with E-state index >= 15 is 0 Å². The maximum atomic E-state index is 11.3. The quantitative estimate of drug-likeness (QED) is 0.744. The molecule has 1 amide bonds. The van der Waals surface area contributed by atoms with Gasteiger partial charge in [0.25, 0.3) is 0 Å². The van der Waals surface area contributed by atoms with Crippen molar-refractivity contribution in [1.29, 1.82) is 0 Å². The van der Waals surface area contributed by atoms with Crippen molar-refractivity contribution in [3.63, 3.8) is 0 Å². The first-order chi connectivity index (χ1) is 7.06. The molecule has 0 aliphatic heterocycles. The minimum Gasteiger partial charge on any atom is -0.355 e. The van der Waals surface area contributed by atoms with Gasteiger partial charge >= 0.3 is 0 Å². The molecule has 1 unspecified atom stereocenters. The van der Waals surface area contributed by atoms with Crippen molar-refractivity contribution < 1.29 is 4.79 Å². The third-order valence-electron chi connectivity index (χ3n) is 3.39. The van der Waals surface area contributed by atoms with E-state index in [9.17, 15) is 4.79 Å². The zero-order valence-corrected chi connectivity index (χ0v) is 10.2. The molecule has 3 nitrogen and oxygen atoms in total. The number of carbonyl (C=O) groups excluding carboxylic acids is 1. The Morgan fingerprint density at radius 3 is 2.73 bits per heavy atom. The molecule has 1 fully saturated rings. The highest BCUT2D eigenvalue weighted by molar-refractivity contribution is 5.77. The molecule has 1 aliphatic carbocycles. The molecule has 3 heteroatoms. The number of carbonyl (C=O) groups is 1. The molecule has 2 N–H and O–H groups in total. The molecule has 0 aromatic carbocycles. The van der Waals surface area contributed by atoms with Crippen LogP contribution in [-0.4, -0.2) is 25.0 Å². The highest BCUT2D eigenvalue weighted by atomic mass is 16.1. The molecule has 0 bridgehead atoms. The molecule has 15 heavy (non-hydrogen) atoms. The summed E-state index contributed by atoms with van der Waals surface area (Å²) in [5, 5.41) is 6.20. The van der Waals surface area contributed by atoms with Crippen molar-refractivity contribution in [3.8, 4) is 0 Å². The van der Waals surface area contributed by atoms with Crippen LogP contribution >= 0.6 is 0 Å². The summed E-state index contributed by atoms with van der Waals surface area (Å²) in [7, 11) is 0. The number of hydrogen-bond donors (Lipinski definition) is 2. The second-order valence-electron chi connectivity index (χ2n) is 5.12. The maximum Gasteiger partial charge on any atom is 0.233 e. The SMILES string of the molecule is CCNC(=O)CNC1CCCCC1(C)C. The Morgan fingerprint density at radius 2 is 2.13 bits per heavy atom. The summed E-state index contributed by atoms with van der Waals surface area (Å²) >= 11 is 0. The van der Waals surface area contributed by atoms with Gasteiger partial charge in [-0.2, -0.15) is 0 Å². The smallest absolute Gasteiger partial charge is 0.233 e. The summed E-state index contributed by atoms with van der Waals surface area (Å²) in [5.74, 6) is 0.110. The zero-order valence-electron chi connectivity index (χ0n) is 10.2. The summed E-state index contributed by atoms with van der Waals surface area (Å²) in [4.78, 5) is 11.3. The Morgan fingerprint density at radius 1 is 1.40 bits per heavy atom. The highest BCUT2D eigenvalue weighted by Gasteiger charge is 2.31. The first-order valence-electron chi connectivity index (χ1n) is 6.06. The van der Waals surface area contributed by atoms with Crippen molar-refractivity contribution >= 4 is 5.91 Å². The second-order valence-corrected chi connectivity index (χ2v) is 5.12. The fraction of sp³-hybridized carbons (Fsp3) is 0.917. The van der Waals surface area contributed by atoms with Crippen LogP contribution < -0.4 is 10.6 Å². The zero-order chi connectivity index (χ0) is 11.3. The van der Waals surface area contributed by atoms with Crippen molar-refractivity contribution in [3.05, 3.63) is 0 Å². The van der Waals surface area contributed by atoms with Gasteiger partial charge in [-0.25, -0.2) is 0 Å². The normalized spacial score (nSPS) is 24.9. The topological polar surface area (TPSA) is 41.1 Å². The molecule has 0 saturated heterocycles. The van der Waals surface area contributed by atoms with E-state index in [2.05, 4.69) is 24.5 Å². The van der Waals surface area contributed by atoms with Gasteiger partial charge in [0.05, 0.1) is 6.54 Å². The van der Waals surface area contributed by atoms with Gasteiger partial charge in [-0.05, 0) is 25.2 Å². The molecule has 1 atom stereocenters. The van der Waals surface area contributed by atoms with E-state index in [1.807, 2.05) is 6.92 Å². The lowest BCUT2D eigenvalue weighted by Crippen LogP contribution is -2.47. The van der Waals surface area contributed by atoms with E-state index in [-0.39, 0.29) is 5.91 Å². The van der Waals surface area contributed by atoms with Crippen LogP contribution in [0.1, 0.15) is 46.5 Å². The Labute approximate surface area is 93.0 Å². The van der Waals surface area contributed by atoms with Crippen molar-refractivity contribution in [2.24, 2.45) is 5.41 Å². The van der Waals surface area contributed by atoms with E-state index < -0.39 is 0 Å². The first-order valence-corrected chi connectivity index (χ1v) is 6.06. The number of amides is 1. The van der Waals surface area contributed by atoms with Crippen LogP contribution in [0.4, 0.5) is 0 Å². The molecule has 0 radical (unpaired) electrons. The van der Waals surface area contributed by atoms with Crippen LogP contribution in [0.5, 0.6) is 0 Å². The lowest BCUT2D eigenvalue weighted by molar-refractivity contribution is -0.120. The molecule has 1 aliphatic rings. The van der Waals surface area contributed by atoms with Gasteiger partial charge in [-0.3, -0.25) is 4.79 Å². The van der Waals surface area contributed by atoms with Crippen LogP contribution in [0.25, 0.3) is 0 Å². The van der Waals surface area contributed by atoms with Crippen LogP contribution in [0, 0.1) is 5.41 Å². The lowest BCUT2D eigenvalue weighted by atomic mass is 9.73. The minimum absolute atomic E-state index is 0.110. The van der Waals surface area contributed by atoms with Crippen molar-refractivity contribution in [2.45, 2.75) is 52.5 Å². The largest absolute Gasteiger partial charge is 0.355 e. The average molecular weight is 212 g/mol. The van der Waals surface area contributed by atoms with Crippen molar-refractivity contribution in [2.75, 3.05) is 13.1 Å². The second kappa shape index (κ2) is 5.50. The molecule has 0 aromatic heterocycles.